The van der Waals surface area contributed by atoms with Crippen molar-refractivity contribution in [3.05, 3.63) is 29.3 Å². The van der Waals surface area contributed by atoms with Crippen LogP contribution in [0.1, 0.15) is 12.5 Å². The number of hydrogen-bond acceptors (Lipinski definition) is 1. The lowest BCUT2D eigenvalue weighted by atomic mass is 10.1. The lowest BCUT2D eigenvalue weighted by molar-refractivity contribution is 0.576. The van der Waals surface area contributed by atoms with Crippen LogP contribution in [-0.4, -0.2) is 0 Å². The number of nitrogens with two attached hydrogens (primary N) is 1. The largest absolute Gasteiger partial charge is 0.396 e. The molecule has 0 aliphatic heterocycles. The van der Waals surface area contributed by atoms with E-state index in [0.29, 0.717) is 12.0 Å². The van der Waals surface area contributed by atoms with Gasteiger partial charge in [0.25, 0.3) is 0 Å². The Hall–Kier alpha value is -0.830. The van der Waals surface area contributed by atoms with Gasteiger partial charge >= 0.3 is 0 Å². The Kier molecular flexibility index (Phi) is 3.96. The lowest BCUT2D eigenvalue weighted by Gasteiger charge is -2.01. The van der Waals surface area contributed by atoms with E-state index in [-0.39, 0.29) is 18.1 Å². The zero-order valence-corrected chi connectivity index (χ0v) is 7.42. The summed E-state index contributed by atoms with van der Waals surface area (Å²) >= 11 is 0. The predicted molar refractivity (Wildman–Crippen MR) is 47.4 cm³/mol. The summed E-state index contributed by atoms with van der Waals surface area (Å²) in [4.78, 5) is 0. The van der Waals surface area contributed by atoms with Crippen LogP contribution in [-0.2, 0) is 6.42 Å². The van der Waals surface area contributed by atoms with Gasteiger partial charge < -0.3 is 5.73 Å². The van der Waals surface area contributed by atoms with Gasteiger partial charge in [0.2, 0.25) is 0 Å². The molecule has 0 radical (unpaired) electrons. The molecule has 2 N–H and O–H groups in total. The molecule has 1 aromatic rings. The molecule has 68 valence electrons. The van der Waals surface area contributed by atoms with E-state index in [1.54, 1.807) is 6.92 Å². The molecule has 0 heterocycles. The summed E-state index contributed by atoms with van der Waals surface area (Å²) in [6, 6.07) is 2.14. The highest BCUT2D eigenvalue weighted by molar-refractivity contribution is 5.85. The highest BCUT2D eigenvalue weighted by Gasteiger charge is 2.04. The van der Waals surface area contributed by atoms with Gasteiger partial charge in [-0.05, 0) is 18.1 Å². The van der Waals surface area contributed by atoms with Crippen LogP contribution >= 0.6 is 12.4 Å². The van der Waals surface area contributed by atoms with E-state index in [1.807, 2.05) is 0 Å². The first-order chi connectivity index (χ1) is 5.15. The van der Waals surface area contributed by atoms with E-state index >= 15 is 0 Å². The number of halogens is 3. The third-order valence-corrected chi connectivity index (χ3v) is 1.55. The standard InChI is InChI=1S/C8H9F2N.ClH/c1-2-5-3-8(11)7(10)4-6(5)9;/h3-4H,2,11H2,1H3;1H. The van der Waals surface area contributed by atoms with Gasteiger partial charge in [0.05, 0.1) is 5.69 Å². The smallest absolute Gasteiger partial charge is 0.149 e. The van der Waals surface area contributed by atoms with Crippen LogP contribution in [0.3, 0.4) is 0 Å². The highest BCUT2D eigenvalue weighted by atomic mass is 35.5. The topological polar surface area (TPSA) is 26.0 Å². The van der Waals surface area contributed by atoms with Gasteiger partial charge in [-0.1, -0.05) is 6.92 Å². The maximum absolute atomic E-state index is 12.7. The number of anilines is 1. The van der Waals surface area contributed by atoms with Gasteiger partial charge in [0, 0.05) is 6.07 Å². The SMILES string of the molecule is CCc1cc(N)c(F)cc1F.Cl. The second-order valence-electron chi connectivity index (χ2n) is 2.32. The Labute approximate surface area is 76.0 Å². The van der Waals surface area contributed by atoms with Crippen LogP contribution in [0.4, 0.5) is 14.5 Å². The molecule has 0 spiro atoms. The third kappa shape index (κ3) is 2.08. The normalized spacial score (nSPS) is 9.25. The molecule has 0 atom stereocenters. The Morgan fingerprint density at radius 2 is 1.83 bits per heavy atom. The molecule has 4 heteroatoms. The first-order valence-electron chi connectivity index (χ1n) is 3.38. The molecule has 0 saturated carbocycles. The van der Waals surface area contributed by atoms with Crippen molar-refractivity contribution in [2.45, 2.75) is 13.3 Å². The Morgan fingerprint density at radius 1 is 1.25 bits per heavy atom. The summed E-state index contributed by atoms with van der Waals surface area (Å²) in [5.41, 5.74) is 5.67. The average Bonchev–Trinajstić information content (AvgIpc) is 1.97. The van der Waals surface area contributed by atoms with Crippen molar-refractivity contribution >= 4 is 18.1 Å². The molecule has 0 aliphatic carbocycles. The van der Waals surface area contributed by atoms with Crippen LogP contribution in [0, 0.1) is 11.6 Å². The molecule has 12 heavy (non-hydrogen) atoms. The molecule has 1 aromatic carbocycles. The van der Waals surface area contributed by atoms with Crippen LogP contribution < -0.4 is 5.73 Å². The lowest BCUT2D eigenvalue weighted by Crippen LogP contribution is -1.96. The second-order valence-corrected chi connectivity index (χ2v) is 2.32. The van der Waals surface area contributed by atoms with Crippen LogP contribution in [0.2, 0.25) is 0 Å². The van der Waals surface area contributed by atoms with Crippen molar-refractivity contribution < 1.29 is 8.78 Å². The molecule has 1 rings (SSSR count). The van der Waals surface area contributed by atoms with Crippen molar-refractivity contribution in [2.75, 3.05) is 5.73 Å². The summed E-state index contributed by atoms with van der Waals surface area (Å²) in [5.74, 6) is -1.22. The van der Waals surface area contributed by atoms with Crippen molar-refractivity contribution in [1.29, 1.82) is 0 Å². The van der Waals surface area contributed by atoms with Crippen molar-refractivity contribution in [2.24, 2.45) is 0 Å². The third-order valence-electron chi connectivity index (χ3n) is 1.55. The first kappa shape index (κ1) is 11.2. The predicted octanol–water partition coefficient (Wildman–Crippen LogP) is 2.53. The fraction of sp³-hybridized carbons (Fsp3) is 0.250. The molecule has 0 amide bonds. The minimum Gasteiger partial charge on any atom is -0.396 e. The summed E-state index contributed by atoms with van der Waals surface area (Å²) in [6.45, 7) is 1.79. The zero-order valence-electron chi connectivity index (χ0n) is 6.60. The number of hydrogen-bond donors (Lipinski definition) is 1. The zero-order chi connectivity index (χ0) is 8.43. The van der Waals surface area contributed by atoms with E-state index in [1.165, 1.54) is 6.07 Å². The van der Waals surface area contributed by atoms with E-state index in [0.717, 1.165) is 6.07 Å². The van der Waals surface area contributed by atoms with E-state index in [4.69, 9.17) is 5.73 Å². The summed E-state index contributed by atoms with van der Waals surface area (Å²) in [5, 5.41) is 0. The van der Waals surface area contributed by atoms with Crippen LogP contribution in [0.25, 0.3) is 0 Å². The van der Waals surface area contributed by atoms with Crippen molar-refractivity contribution in [1.82, 2.24) is 0 Å². The molecule has 0 saturated heterocycles. The monoisotopic (exact) mass is 193 g/mol. The van der Waals surface area contributed by atoms with Gasteiger partial charge in [-0.2, -0.15) is 0 Å². The Morgan fingerprint density at radius 3 is 2.33 bits per heavy atom. The average molecular weight is 194 g/mol. The Bertz CT molecular complexity index is 276. The minimum absolute atomic E-state index is 0. The molecule has 0 aliphatic rings. The van der Waals surface area contributed by atoms with Crippen LogP contribution in [0.15, 0.2) is 12.1 Å². The summed E-state index contributed by atoms with van der Waals surface area (Å²) in [6.07, 6.45) is 0.524. The minimum atomic E-state index is -0.695. The number of benzene rings is 1. The first-order valence-corrected chi connectivity index (χ1v) is 3.38. The second kappa shape index (κ2) is 4.26. The molecule has 0 bridgehead atoms. The Balaban J connectivity index is 0.00000121. The highest BCUT2D eigenvalue weighted by Crippen LogP contribution is 2.16. The van der Waals surface area contributed by atoms with Crippen molar-refractivity contribution in [3.8, 4) is 0 Å². The molecular formula is C8H10ClF2N. The summed E-state index contributed by atoms with van der Waals surface area (Å²) in [7, 11) is 0. The summed E-state index contributed by atoms with van der Waals surface area (Å²) < 4.78 is 25.3. The fourth-order valence-corrected chi connectivity index (χ4v) is 0.884. The quantitative estimate of drug-likeness (QED) is 0.682. The van der Waals surface area contributed by atoms with E-state index in [2.05, 4.69) is 0 Å². The van der Waals surface area contributed by atoms with Gasteiger partial charge in [-0.3, -0.25) is 0 Å². The van der Waals surface area contributed by atoms with Gasteiger partial charge in [0.1, 0.15) is 11.6 Å². The maximum Gasteiger partial charge on any atom is 0.149 e. The molecule has 1 nitrogen and oxygen atoms in total. The number of nitrogen functional groups attached to an aromatic ring is 1. The van der Waals surface area contributed by atoms with E-state index in [9.17, 15) is 8.78 Å². The maximum atomic E-state index is 12.7. The molecule has 0 aromatic heterocycles. The fourth-order valence-electron chi connectivity index (χ4n) is 0.884. The van der Waals surface area contributed by atoms with Gasteiger partial charge in [-0.25, -0.2) is 8.78 Å². The molecule has 0 unspecified atom stereocenters. The van der Waals surface area contributed by atoms with Gasteiger partial charge in [-0.15, -0.1) is 12.4 Å². The van der Waals surface area contributed by atoms with Gasteiger partial charge in [0.15, 0.2) is 0 Å². The number of rotatable bonds is 1. The number of aryl methyl sites for hydroxylation is 1. The molecule has 0 fully saturated rings. The molecular weight excluding hydrogens is 184 g/mol. The van der Waals surface area contributed by atoms with Crippen molar-refractivity contribution in [3.63, 3.8) is 0 Å². The van der Waals surface area contributed by atoms with Crippen LogP contribution in [0.5, 0.6) is 0 Å². The van der Waals surface area contributed by atoms with E-state index < -0.39 is 11.6 Å².